The van der Waals surface area contributed by atoms with Gasteiger partial charge in [0.15, 0.2) is 0 Å². The van der Waals surface area contributed by atoms with Gasteiger partial charge in [-0.25, -0.2) is 0 Å². The first kappa shape index (κ1) is 12.0. The van der Waals surface area contributed by atoms with Crippen LogP contribution in [0.5, 0.6) is 0 Å². The molecule has 0 spiro atoms. The highest BCUT2D eigenvalue weighted by Crippen LogP contribution is 2.20. The molecule has 0 bridgehead atoms. The molecule has 1 fully saturated rings. The van der Waals surface area contributed by atoms with Gasteiger partial charge in [-0.05, 0) is 24.3 Å². The number of hydrogen-bond donors (Lipinski definition) is 0. The predicted octanol–water partition coefficient (Wildman–Crippen LogP) is 2.17. The van der Waals surface area contributed by atoms with E-state index in [9.17, 15) is 4.79 Å². The molecule has 2 rings (SSSR count). The first-order valence-corrected chi connectivity index (χ1v) is 6.00. The lowest BCUT2D eigenvalue weighted by Gasteiger charge is -2.35. The number of carbonyl (C=O) groups excluding carboxylic acids is 1. The minimum absolute atomic E-state index is 0.00995. The van der Waals surface area contributed by atoms with Crippen molar-refractivity contribution in [1.82, 2.24) is 4.90 Å². The quantitative estimate of drug-likeness (QED) is 0.751. The van der Waals surface area contributed by atoms with Crippen molar-refractivity contribution in [3.8, 4) is 0 Å². The topological polar surface area (TPSA) is 23.6 Å². The van der Waals surface area contributed by atoms with Gasteiger partial charge in [-0.15, -0.1) is 0 Å². The Labute approximate surface area is 106 Å². The summed E-state index contributed by atoms with van der Waals surface area (Å²) in [6.45, 7) is 6.64. The van der Waals surface area contributed by atoms with Crippen LogP contribution in [0.3, 0.4) is 0 Å². The van der Waals surface area contributed by atoms with E-state index in [-0.39, 0.29) is 5.91 Å². The molecule has 4 heteroatoms. The smallest absolute Gasteiger partial charge is 0.246 e. The van der Waals surface area contributed by atoms with E-state index in [1.807, 2.05) is 29.2 Å². The maximum absolute atomic E-state index is 11.4. The molecule has 1 aromatic rings. The number of hydrogen-bond acceptors (Lipinski definition) is 2. The van der Waals surface area contributed by atoms with Crippen LogP contribution >= 0.6 is 11.6 Å². The van der Waals surface area contributed by atoms with E-state index in [2.05, 4.69) is 11.5 Å². The average Bonchev–Trinajstić information content (AvgIpc) is 2.38. The zero-order chi connectivity index (χ0) is 12.3. The Morgan fingerprint density at radius 2 is 2.00 bits per heavy atom. The maximum atomic E-state index is 11.4. The molecule has 0 aromatic heterocycles. The fraction of sp³-hybridized carbons (Fsp3) is 0.308. The molecule has 1 aliphatic rings. The fourth-order valence-electron chi connectivity index (χ4n) is 1.99. The average molecular weight is 251 g/mol. The minimum atomic E-state index is 0.00995. The molecule has 17 heavy (non-hydrogen) atoms. The highest BCUT2D eigenvalue weighted by atomic mass is 35.5. The second-order valence-electron chi connectivity index (χ2n) is 4.00. The second-order valence-corrected chi connectivity index (χ2v) is 4.43. The van der Waals surface area contributed by atoms with Gasteiger partial charge in [-0.3, -0.25) is 4.79 Å². The Hall–Kier alpha value is -1.48. The van der Waals surface area contributed by atoms with Gasteiger partial charge in [0, 0.05) is 36.9 Å². The molecule has 1 amide bonds. The third kappa shape index (κ3) is 2.80. The third-order valence-corrected chi connectivity index (χ3v) is 3.17. The van der Waals surface area contributed by atoms with Gasteiger partial charge in [0.1, 0.15) is 0 Å². The number of nitrogens with zero attached hydrogens (tertiary/aromatic N) is 2. The molecule has 1 heterocycles. The van der Waals surface area contributed by atoms with E-state index in [4.69, 9.17) is 11.6 Å². The lowest BCUT2D eigenvalue weighted by molar-refractivity contribution is -0.126. The van der Waals surface area contributed by atoms with Crippen molar-refractivity contribution in [2.45, 2.75) is 0 Å². The molecule has 1 saturated heterocycles. The van der Waals surface area contributed by atoms with Crippen LogP contribution in [0, 0.1) is 0 Å². The number of rotatable bonds is 2. The first-order chi connectivity index (χ1) is 8.20. The van der Waals surface area contributed by atoms with Crippen LogP contribution in [0.1, 0.15) is 0 Å². The summed E-state index contributed by atoms with van der Waals surface area (Å²) < 4.78 is 0. The van der Waals surface area contributed by atoms with E-state index in [1.165, 1.54) is 6.08 Å². The third-order valence-electron chi connectivity index (χ3n) is 2.94. The van der Waals surface area contributed by atoms with E-state index < -0.39 is 0 Å². The summed E-state index contributed by atoms with van der Waals surface area (Å²) in [5.41, 5.74) is 1.11. The van der Waals surface area contributed by atoms with Crippen LogP contribution in [0.25, 0.3) is 0 Å². The molecule has 0 aliphatic carbocycles. The summed E-state index contributed by atoms with van der Waals surface area (Å²) in [6.07, 6.45) is 1.37. The molecule has 90 valence electrons. The van der Waals surface area contributed by atoms with E-state index in [0.29, 0.717) is 0 Å². The molecule has 0 atom stereocenters. The molecular formula is C13H15ClN2O. The van der Waals surface area contributed by atoms with E-state index in [0.717, 1.165) is 36.9 Å². The van der Waals surface area contributed by atoms with Crippen LogP contribution in [-0.4, -0.2) is 37.0 Å². The molecule has 0 radical (unpaired) electrons. The highest BCUT2D eigenvalue weighted by molar-refractivity contribution is 6.30. The SMILES string of the molecule is C=CC(=O)N1CCN(c2cccc(Cl)c2)CC1. The van der Waals surface area contributed by atoms with Crippen molar-refractivity contribution in [2.24, 2.45) is 0 Å². The Bertz CT molecular complexity index is 425. The molecule has 0 unspecified atom stereocenters. The summed E-state index contributed by atoms with van der Waals surface area (Å²) in [6, 6.07) is 7.80. The zero-order valence-corrected chi connectivity index (χ0v) is 10.4. The van der Waals surface area contributed by atoms with Crippen molar-refractivity contribution in [1.29, 1.82) is 0 Å². The number of piperazine rings is 1. The summed E-state index contributed by atoms with van der Waals surface area (Å²) in [4.78, 5) is 15.5. The highest BCUT2D eigenvalue weighted by Gasteiger charge is 2.19. The Morgan fingerprint density at radius 1 is 1.29 bits per heavy atom. The zero-order valence-electron chi connectivity index (χ0n) is 9.60. The fourth-order valence-corrected chi connectivity index (χ4v) is 2.17. The van der Waals surface area contributed by atoms with Gasteiger partial charge in [0.05, 0.1) is 0 Å². The van der Waals surface area contributed by atoms with Gasteiger partial charge in [-0.1, -0.05) is 24.2 Å². The van der Waals surface area contributed by atoms with Crippen molar-refractivity contribution >= 4 is 23.2 Å². The molecule has 0 N–H and O–H groups in total. The van der Waals surface area contributed by atoms with Crippen molar-refractivity contribution < 1.29 is 4.79 Å². The predicted molar refractivity (Wildman–Crippen MR) is 70.4 cm³/mol. The van der Waals surface area contributed by atoms with Gasteiger partial charge < -0.3 is 9.80 Å². The molecule has 0 saturated carbocycles. The van der Waals surface area contributed by atoms with Crippen molar-refractivity contribution in [3.05, 3.63) is 41.9 Å². The Kier molecular flexibility index (Phi) is 3.69. The van der Waals surface area contributed by atoms with Gasteiger partial charge in [0.25, 0.3) is 0 Å². The van der Waals surface area contributed by atoms with Gasteiger partial charge in [0.2, 0.25) is 5.91 Å². The minimum Gasteiger partial charge on any atom is -0.368 e. The second kappa shape index (κ2) is 5.23. The number of anilines is 1. The largest absolute Gasteiger partial charge is 0.368 e. The van der Waals surface area contributed by atoms with Gasteiger partial charge in [-0.2, -0.15) is 0 Å². The molecule has 1 aliphatic heterocycles. The summed E-state index contributed by atoms with van der Waals surface area (Å²) in [7, 11) is 0. The van der Waals surface area contributed by atoms with Crippen LogP contribution in [0.2, 0.25) is 5.02 Å². The summed E-state index contributed by atoms with van der Waals surface area (Å²) in [5, 5.41) is 0.743. The van der Waals surface area contributed by atoms with Crippen LogP contribution < -0.4 is 4.90 Å². The van der Waals surface area contributed by atoms with E-state index in [1.54, 1.807) is 0 Å². The lowest BCUT2D eigenvalue weighted by atomic mass is 10.2. The normalized spacial score (nSPS) is 15.8. The first-order valence-electron chi connectivity index (χ1n) is 5.62. The van der Waals surface area contributed by atoms with Crippen molar-refractivity contribution in [2.75, 3.05) is 31.1 Å². The number of halogens is 1. The maximum Gasteiger partial charge on any atom is 0.246 e. The van der Waals surface area contributed by atoms with Crippen LogP contribution in [0.15, 0.2) is 36.9 Å². The van der Waals surface area contributed by atoms with Crippen LogP contribution in [-0.2, 0) is 4.79 Å². The monoisotopic (exact) mass is 250 g/mol. The summed E-state index contributed by atoms with van der Waals surface area (Å²) >= 11 is 5.96. The van der Waals surface area contributed by atoms with Crippen LogP contribution in [0.4, 0.5) is 5.69 Å². The van der Waals surface area contributed by atoms with Gasteiger partial charge >= 0.3 is 0 Å². The molecular weight excluding hydrogens is 236 g/mol. The summed E-state index contributed by atoms with van der Waals surface area (Å²) in [5.74, 6) is 0.00995. The van der Waals surface area contributed by atoms with E-state index >= 15 is 0 Å². The standard InChI is InChI=1S/C13H15ClN2O/c1-2-13(17)16-8-6-15(7-9-16)12-5-3-4-11(14)10-12/h2-5,10H,1,6-9H2. The lowest BCUT2D eigenvalue weighted by Crippen LogP contribution is -2.48. The number of amides is 1. The number of benzene rings is 1. The molecule has 1 aromatic carbocycles. The Morgan fingerprint density at radius 3 is 2.59 bits per heavy atom. The number of carbonyl (C=O) groups is 1. The van der Waals surface area contributed by atoms with Crippen molar-refractivity contribution in [3.63, 3.8) is 0 Å². The molecule has 3 nitrogen and oxygen atoms in total. The Balaban J connectivity index is 1.99.